The Hall–Kier alpha value is -1.02. The van der Waals surface area contributed by atoms with Gasteiger partial charge < -0.3 is 10.5 Å². The molecule has 2 nitrogen and oxygen atoms in total. The molecule has 0 bridgehead atoms. The Kier molecular flexibility index (Phi) is 1.55. The summed E-state index contributed by atoms with van der Waals surface area (Å²) in [7, 11) is 0. The maximum atomic E-state index is 5.79. The molecule has 0 amide bonds. The maximum absolute atomic E-state index is 5.79. The van der Waals surface area contributed by atoms with E-state index in [9.17, 15) is 0 Å². The fourth-order valence-electron chi connectivity index (χ4n) is 1.45. The normalized spacial score (nSPS) is 16.0. The molecular weight excluding hydrogens is 138 g/mol. The summed E-state index contributed by atoms with van der Waals surface area (Å²) < 4.78 is 5.30. The molecule has 0 aromatic heterocycles. The molecule has 1 aromatic carbocycles. The molecule has 0 unspecified atom stereocenters. The highest BCUT2D eigenvalue weighted by Crippen LogP contribution is 2.21. The van der Waals surface area contributed by atoms with E-state index in [2.05, 4.69) is 6.07 Å². The van der Waals surface area contributed by atoms with Crippen molar-refractivity contribution >= 4 is 5.69 Å². The van der Waals surface area contributed by atoms with Crippen molar-refractivity contribution < 1.29 is 4.74 Å². The lowest BCUT2D eigenvalue weighted by Crippen LogP contribution is -2.11. The first-order valence-corrected chi connectivity index (χ1v) is 3.82. The number of fused-ring (bicyclic) bond motifs is 1. The third-order valence-electron chi connectivity index (χ3n) is 2.06. The van der Waals surface area contributed by atoms with E-state index in [0.717, 1.165) is 25.3 Å². The van der Waals surface area contributed by atoms with Gasteiger partial charge in [-0.2, -0.15) is 0 Å². The fraction of sp³-hybridized carbons (Fsp3) is 0.333. The van der Waals surface area contributed by atoms with Crippen molar-refractivity contribution in [3.05, 3.63) is 29.3 Å². The Morgan fingerprint density at radius 3 is 3.09 bits per heavy atom. The standard InChI is InChI=1S/C9H11NO/c10-9-3-1-2-7-6-11-5-4-8(7)9/h1-3H,4-6,10H2. The lowest BCUT2D eigenvalue weighted by Gasteiger charge is -2.17. The van der Waals surface area contributed by atoms with Crippen LogP contribution in [0.3, 0.4) is 0 Å². The second-order valence-electron chi connectivity index (χ2n) is 2.79. The van der Waals surface area contributed by atoms with Crippen LogP contribution in [0.25, 0.3) is 0 Å². The number of anilines is 1. The summed E-state index contributed by atoms with van der Waals surface area (Å²) in [5.74, 6) is 0. The van der Waals surface area contributed by atoms with Crippen molar-refractivity contribution in [2.24, 2.45) is 0 Å². The topological polar surface area (TPSA) is 35.2 Å². The Morgan fingerprint density at radius 1 is 1.36 bits per heavy atom. The van der Waals surface area contributed by atoms with Gasteiger partial charge in [0.2, 0.25) is 0 Å². The third-order valence-corrected chi connectivity index (χ3v) is 2.06. The third kappa shape index (κ3) is 1.10. The summed E-state index contributed by atoms with van der Waals surface area (Å²) in [6.45, 7) is 1.53. The number of rotatable bonds is 0. The lowest BCUT2D eigenvalue weighted by atomic mass is 10.0. The van der Waals surface area contributed by atoms with Gasteiger partial charge >= 0.3 is 0 Å². The van der Waals surface area contributed by atoms with E-state index < -0.39 is 0 Å². The van der Waals surface area contributed by atoms with Crippen LogP contribution in [0.5, 0.6) is 0 Å². The highest BCUT2D eigenvalue weighted by atomic mass is 16.5. The minimum atomic E-state index is 0.723. The van der Waals surface area contributed by atoms with E-state index in [0.29, 0.717) is 0 Å². The molecular formula is C9H11NO. The van der Waals surface area contributed by atoms with Gasteiger partial charge in [0.1, 0.15) is 0 Å². The Morgan fingerprint density at radius 2 is 2.27 bits per heavy atom. The van der Waals surface area contributed by atoms with Crippen molar-refractivity contribution in [3.8, 4) is 0 Å². The molecule has 0 saturated carbocycles. The van der Waals surface area contributed by atoms with Crippen molar-refractivity contribution in [3.63, 3.8) is 0 Å². The van der Waals surface area contributed by atoms with Gasteiger partial charge in [0.25, 0.3) is 0 Å². The zero-order chi connectivity index (χ0) is 7.68. The summed E-state index contributed by atoms with van der Waals surface area (Å²) in [6, 6.07) is 6.00. The van der Waals surface area contributed by atoms with Gasteiger partial charge in [-0.1, -0.05) is 12.1 Å². The largest absolute Gasteiger partial charge is 0.398 e. The SMILES string of the molecule is Nc1cccc2c1CCOC2. The molecule has 0 aliphatic carbocycles. The second kappa shape index (κ2) is 2.55. The summed E-state index contributed by atoms with van der Waals surface area (Å²) >= 11 is 0. The molecule has 2 rings (SSSR count). The number of nitrogen functional groups attached to an aromatic ring is 1. The predicted octanol–water partition coefficient (Wildman–Crippen LogP) is 1.34. The van der Waals surface area contributed by atoms with Crippen molar-refractivity contribution in [1.29, 1.82) is 0 Å². The minimum absolute atomic E-state index is 0.723. The summed E-state index contributed by atoms with van der Waals surface area (Å²) in [5, 5.41) is 0. The summed E-state index contributed by atoms with van der Waals surface area (Å²) in [6.07, 6.45) is 0.960. The quantitative estimate of drug-likeness (QED) is 0.565. The monoisotopic (exact) mass is 149 g/mol. The first-order chi connectivity index (χ1) is 5.38. The van der Waals surface area contributed by atoms with E-state index in [-0.39, 0.29) is 0 Å². The number of hydrogen-bond acceptors (Lipinski definition) is 2. The Balaban J connectivity index is 2.49. The van der Waals surface area contributed by atoms with Gasteiger partial charge in [-0.25, -0.2) is 0 Å². The first-order valence-electron chi connectivity index (χ1n) is 3.82. The highest BCUT2D eigenvalue weighted by molar-refractivity contribution is 5.51. The van der Waals surface area contributed by atoms with Crippen molar-refractivity contribution in [1.82, 2.24) is 0 Å². The van der Waals surface area contributed by atoms with Crippen LogP contribution >= 0.6 is 0 Å². The molecule has 1 heterocycles. The van der Waals surface area contributed by atoms with Gasteiger partial charge in [0.05, 0.1) is 13.2 Å². The van der Waals surface area contributed by atoms with Gasteiger partial charge in [-0.15, -0.1) is 0 Å². The summed E-state index contributed by atoms with van der Waals surface area (Å²) in [5.41, 5.74) is 9.22. The van der Waals surface area contributed by atoms with Crippen LogP contribution in [0.15, 0.2) is 18.2 Å². The van der Waals surface area contributed by atoms with Gasteiger partial charge in [0, 0.05) is 5.69 Å². The fourth-order valence-corrected chi connectivity index (χ4v) is 1.45. The first kappa shape index (κ1) is 6.68. The molecule has 0 spiro atoms. The number of ether oxygens (including phenoxy) is 1. The molecule has 11 heavy (non-hydrogen) atoms. The van der Waals surface area contributed by atoms with Crippen molar-refractivity contribution in [2.45, 2.75) is 13.0 Å². The van der Waals surface area contributed by atoms with Crippen molar-refractivity contribution in [2.75, 3.05) is 12.3 Å². The van der Waals surface area contributed by atoms with E-state index >= 15 is 0 Å². The van der Waals surface area contributed by atoms with Crippen LogP contribution in [-0.2, 0) is 17.8 Å². The smallest absolute Gasteiger partial charge is 0.0720 e. The number of hydrogen-bond donors (Lipinski definition) is 1. The zero-order valence-electron chi connectivity index (χ0n) is 6.34. The van der Waals surface area contributed by atoms with Crippen LogP contribution in [0, 0.1) is 0 Å². The Bertz CT molecular complexity index is 270. The van der Waals surface area contributed by atoms with Crippen LogP contribution in [-0.4, -0.2) is 6.61 Å². The highest BCUT2D eigenvalue weighted by Gasteiger charge is 2.10. The molecule has 0 atom stereocenters. The zero-order valence-corrected chi connectivity index (χ0v) is 6.34. The van der Waals surface area contributed by atoms with Gasteiger partial charge in [-0.05, 0) is 23.6 Å². The minimum Gasteiger partial charge on any atom is -0.398 e. The lowest BCUT2D eigenvalue weighted by molar-refractivity contribution is 0.111. The molecule has 0 saturated heterocycles. The molecule has 58 valence electrons. The van der Waals surface area contributed by atoms with Crippen LogP contribution < -0.4 is 5.73 Å². The van der Waals surface area contributed by atoms with Crippen LogP contribution in [0.4, 0.5) is 5.69 Å². The molecule has 1 aliphatic heterocycles. The molecule has 2 N–H and O–H groups in total. The van der Waals surface area contributed by atoms with E-state index in [1.165, 1.54) is 11.1 Å². The summed E-state index contributed by atoms with van der Waals surface area (Å²) in [4.78, 5) is 0. The number of benzene rings is 1. The van der Waals surface area contributed by atoms with Crippen LogP contribution in [0.1, 0.15) is 11.1 Å². The average Bonchev–Trinajstić information content (AvgIpc) is 2.06. The Labute approximate surface area is 66.0 Å². The van der Waals surface area contributed by atoms with Crippen LogP contribution in [0.2, 0.25) is 0 Å². The predicted molar refractivity (Wildman–Crippen MR) is 44.2 cm³/mol. The molecule has 1 aliphatic rings. The maximum Gasteiger partial charge on any atom is 0.0720 e. The molecule has 2 heteroatoms. The van der Waals surface area contributed by atoms with E-state index in [1.54, 1.807) is 0 Å². The molecule has 0 radical (unpaired) electrons. The van der Waals surface area contributed by atoms with E-state index in [1.807, 2.05) is 12.1 Å². The molecule has 1 aromatic rings. The molecule has 0 fully saturated rings. The van der Waals surface area contributed by atoms with Gasteiger partial charge in [0.15, 0.2) is 0 Å². The average molecular weight is 149 g/mol. The van der Waals surface area contributed by atoms with E-state index in [4.69, 9.17) is 10.5 Å². The second-order valence-corrected chi connectivity index (χ2v) is 2.79. The van der Waals surface area contributed by atoms with Gasteiger partial charge in [-0.3, -0.25) is 0 Å². The number of nitrogens with two attached hydrogens (primary N) is 1.